The van der Waals surface area contributed by atoms with Crippen molar-refractivity contribution in [2.45, 2.75) is 25.1 Å². The summed E-state index contributed by atoms with van der Waals surface area (Å²) in [5.41, 5.74) is 4.00. The van der Waals surface area contributed by atoms with Crippen LogP contribution in [0.3, 0.4) is 0 Å². The Kier molecular flexibility index (Phi) is 6.89. The van der Waals surface area contributed by atoms with E-state index in [2.05, 4.69) is 20.8 Å². The normalized spacial score (nSPS) is 10.5. The minimum Gasteiger partial charge on any atom is -0.492 e. The van der Waals surface area contributed by atoms with Crippen molar-refractivity contribution >= 4 is 45.5 Å². The number of nitrogens with zero attached hydrogens (tertiary/aromatic N) is 2. The number of aromatic nitrogens is 2. The van der Waals surface area contributed by atoms with Crippen LogP contribution in [0.5, 0.6) is 5.75 Å². The summed E-state index contributed by atoms with van der Waals surface area (Å²) >= 11 is 2.76. The molecule has 0 spiro atoms. The molecule has 0 saturated carbocycles. The number of para-hydroxylation sites is 2. The van der Waals surface area contributed by atoms with Gasteiger partial charge < -0.3 is 15.4 Å². The summed E-state index contributed by atoms with van der Waals surface area (Å²) in [6.45, 7) is 6.61. The van der Waals surface area contributed by atoms with Crippen molar-refractivity contribution in [3.8, 4) is 5.75 Å². The van der Waals surface area contributed by atoms with Crippen molar-refractivity contribution in [1.82, 2.24) is 10.2 Å². The van der Waals surface area contributed by atoms with Crippen LogP contribution >= 0.6 is 23.1 Å². The maximum atomic E-state index is 12.2. The second-order valence-electron chi connectivity index (χ2n) is 6.06. The fourth-order valence-corrected chi connectivity index (χ4v) is 3.99. The molecule has 0 unspecified atom stereocenters. The fraction of sp³-hybridized carbons (Fsp3) is 0.250. The second-order valence-corrected chi connectivity index (χ2v) is 8.26. The van der Waals surface area contributed by atoms with E-state index in [1.54, 1.807) is 0 Å². The van der Waals surface area contributed by atoms with Gasteiger partial charge in [0, 0.05) is 5.69 Å². The summed E-state index contributed by atoms with van der Waals surface area (Å²) in [5, 5.41) is 15.1. The number of amides is 1. The van der Waals surface area contributed by atoms with E-state index in [0.717, 1.165) is 27.0 Å². The van der Waals surface area contributed by atoms with Crippen LogP contribution in [0, 0.1) is 13.8 Å². The molecular weight excluding hydrogens is 392 g/mol. The van der Waals surface area contributed by atoms with Crippen LogP contribution in [0.15, 0.2) is 46.8 Å². The minimum absolute atomic E-state index is 0.0698. The molecular formula is C20H22N4O2S2. The molecule has 2 N–H and O–H groups in total. The third-order valence-electron chi connectivity index (χ3n) is 3.95. The van der Waals surface area contributed by atoms with Crippen LogP contribution in [-0.4, -0.2) is 28.5 Å². The van der Waals surface area contributed by atoms with Gasteiger partial charge in [-0.25, -0.2) is 0 Å². The van der Waals surface area contributed by atoms with E-state index in [0.29, 0.717) is 11.7 Å². The Bertz CT molecular complexity index is 959. The van der Waals surface area contributed by atoms with Gasteiger partial charge in [0.15, 0.2) is 4.34 Å². The molecule has 146 valence electrons. The highest BCUT2D eigenvalue weighted by atomic mass is 32.2. The molecule has 6 nitrogen and oxygen atoms in total. The number of benzene rings is 2. The van der Waals surface area contributed by atoms with Crippen LogP contribution in [0.1, 0.15) is 18.1 Å². The van der Waals surface area contributed by atoms with Gasteiger partial charge in [0.2, 0.25) is 11.0 Å². The molecule has 0 aliphatic heterocycles. The first-order valence-corrected chi connectivity index (χ1v) is 10.7. The van der Waals surface area contributed by atoms with Crippen molar-refractivity contribution in [2.75, 3.05) is 23.0 Å². The van der Waals surface area contributed by atoms with E-state index >= 15 is 0 Å². The van der Waals surface area contributed by atoms with Gasteiger partial charge in [-0.1, -0.05) is 41.3 Å². The number of rotatable bonds is 8. The van der Waals surface area contributed by atoms with Gasteiger partial charge in [-0.3, -0.25) is 4.79 Å². The quantitative estimate of drug-likeness (QED) is 0.504. The molecule has 1 amide bonds. The standard InChI is InChI=1S/C20H22N4O2S2/c1-4-26-17-8-6-5-7-16(17)22-19-23-24-20(28-19)27-12-18(25)21-15-10-9-13(2)14(3)11-15/h5-11H,4,12H2,1-3H3,(H,21,25)(H,22,23). The predicted molar refractivity (Wildman–Crippen MR) is 116 cm³/mol. The van der Waals surface area contributed by atoms with Crippen LogP contribution < -0.4 is 15.4 Å². The molecule has 0 radical (unpaired) electrons. The van der Waals surface area contributed by atoms with Crippen LogP contribution in [-0.2, 0) is 4.79 Å². The molecule has 0 fully saturated rings. The van der Waals surface area contributed by atoms with Gasteiger partial charge in [-0.15, -0.1) is 10.2 Å². The zero-order valence-corrected chi connectivity index (χ0v) is 17.6. The van der Waals surface area contributed by atoms with Crippen LogP contribution in [0.2, 0.25) is 0 Å². The lowest BCUT2D eigenvalue weighted by atomic mass is 10.1. The zero-order chi connectivity index (χ0) is 19.9. The number of carbonyl (C=O) groups is 1. The highest BCUT2D eigenvalue weighted by Gasteiger charge is 2.11. The third-order valence-corrected chi connectivity index (χ3v) is 5.92. The summed E-state index contributed by atoms with van der Waals surface area (Å²) in [5.74, 6) is 0.971. The maximum Gasteiger partial charge on any atom is 0.234 e. The highest BCUT2D eigenvalue weighted by molar-refractivity contribution is 8.01. The lowest BCUT2D eigenvalue weighted by Crippen LogP contribution is -2.14. The number of anilines is 3. The lowest BCUT2D eigenvalue weighted by molar-refractivity contribution is -0.113. The molecule has 0 atom stereocenters. The molecule has 0 bridgehead atoms. The van der Waals surface area contributed by atoms with E-state index in [9.17, 15) is 4.79 Å². The number of nitrogens with one attached hydrogen (secondary N) is 2. The molecule has 3 rings (SSSR count). The number of carbonyl (C=O) groups excluding carboxylic acids is 1. The number of ether oxygens (including phenoxy) is 1. The molecule has 0 aliphatic rings. The topological polar surface area (TPSA) is 76.1 Å². The lowest BCUT2D eigenvalue weighted by Gasteiger charge is -2.09. The molecule has 0 saturated heterocycles. The Morgan fingerprint density at radius 1 is 1.14 bits per heavy atom. The van der Waals surface area contributed by atoms with Gasteiger partial charge in [0.05, 0.1) is 18.0 Å². The van der Waals surface area contributed by atoms with Crippen molar-refractivity contribution in [3.05, 3.63) is 53.6 Å². The monoisotopic (exact) mass is 414 g/mol. The van der Waals surface area contributed by atoms with Crippen molar-refractivity contribution in [1.29, 1.82) is 0 Å². The first-order valence-electron chi connectivity index (χ1n) is 8.87. The molecule has 8 heteroatoms. The van der Waals surface area contributed by atoms with Crippen LogP contribution in [0.4, 0.5) is 16.5 Å². The Labute approximate surface area is 172 Å². The molecule has 28 heavy (non-hydrogen) atoms. The average molecular weight is 415 g/mol. The summed E-state index contributed by atoms with van der Waals surface area (Å²) in [7, 11) is 0. The summed E-state index contributed by atoms with van der Waals surface area (Å²) in [6.07, 6.45) is 0. The number of thioether (sulfide) groups is 1. The summed E-state index contributed by atoms with van der Waals surface area (Å²) < 4.78 is 6.33. The third kappa shape index (κ3) is 5.46. The van der Waals surface area contributed by atoms with E-state index in [1.807, 2.05) is 63.2 Å². The first kappa shape index (κ1) is 20.2. The van der Waals surface area contributed by atoms with E-state index in [-0.39, 0.29) is 11.7 Å². The van der Waals surface area contributed by atoms with E-state index < -0.39 is 0 Å². The van der Waals surface area contributed by atoms with E-state index in [1.165, 1.54) is 28.7 Å². The Morgan fingerprint density at radius 2 is 1.96 bits per heavy atom. The Hall–Kier alpha value is -2.58. The second kappa shape index (κ2) is 9.57. The van der Waals surface area contributed by atoms with Crippen molar-refractivity contribution in [2.24, 2.45) is 0 Å². The minimum atomic E-state index is -0.0698. The summed E-state index contributed by atoms with van der Waals surface area (Å²) in [6, 6.07) is 13.6. The fourth-order valence-electron chi connectivity index (χ4n) is 2.43. The predicted octanol–water partition coefficient (Wildman–Crippen LogP) is 5.03. The SMILES string of the molecule is CCOc1ccccc1Nc1nnc(SCC(=O)Nc2ccc(C)c(C)c2)s1. The maximum absolute atomic E-state index is 12.2. The Morgan fingerprint density at radius 3 is 2.75 bits per heavy atom. The van der Waals surface area contributed by atoms with Gasteiger partial charge in [0.25, 0.3) is 0 Å². The number of hydrogen-bond acceptors (Lipinski definition) is 7. The van der Waals surface area contributed by atoms with Crippen LogP contribution in [0.25, 0.3) is 0 Å². The smallest absolute Gasteiger partial charge is 0.234 e. The van der Waals surface area contributed by atoms with Crippen molar-refractivity contribution in [3.63, 3.8) is 0 Å². The average Bonchev–Trinajstić information content (AvgIpc) is 3.12. The van der Waals surface area contributed by atoms with Gasteiger partial charge in [-0.2, -0.15) is 0 Å². The molecule has 1 aromatic heterocycles. The van der Waals surface area contributed by atoms with Crippen molar-refractivity contribution < 1.29 is 9.53 Å². The molecule has 1 heterocycles. The van der Waals surface area contributed by atoms with Gasteiger partial charge >= 0.3 is 0 Å². The molecule has 0 aliphatic carbocycles. The van der Waals surface area contributed by atoms with Gasteiger partial charge in [-0.05, 0) is 56.2 Å². The zero-order valence-electron chi connectivity index (χ0n) is 16.0. The number of aryl methyl sites for hydroxylation is 2. The highest BCUT2D eigenvalue weighted by Crippen LogP contribution is 2.31. The molecule has 3 aromatic rings. The van der Waals surface area contributed by atoms with E-state index in [4.69, 9.17) is 4.74 Å². The summed E-state index contributed by atoms with van der Waals surface area (Å²) in [4.78, 5) is 12.2. The Balaban J connectivity index is 1.54. The molecule has 2 aromatic carbocycles. The number of hydrogen-bond donors (Lipinski definition) is 2. The largest absolute Gasteiger partial charge is 0.492 e. The van der Waals surface area contributed by atoms with Gasteiger partial charge in [0.1, 0.15) is 5.75 Å². The first-order chi connectivity index (χ1) is 13.5.